The Morgan fingerprint density at radius 3 is 2.53 bits per heavy atom. The summed E-state index contributed by atoms with van der Waals surface area (Å²) in [6, 6.07) is 5.35. The minimum atomic E-state index is -0.436. The summed E-state index contributed by atoms with van der Waals surface area (Å²) in [6.45, 7) is 1.72. The summed E-state index contributed by atoms with van der Waals surface area (Å²) < 4.78 is 14.3. The minimum absolute atomic E-state index is 0.130. The summed E-state index contributed by atoms with van der Waals surface area (Å²) in [5.74, 6) is -0.252. The standard InChI is InChI=1S/C14H16O5/c1-10-8-11(5-7-13(15)17-2)4-6-12(10)19-9-14(16)18-3/h4-8H,9H2,1-3H3/b7-5+. The van der Waals surface area contributed by atoms with Crippen molar-refractivity contribution in [2.45, 2.75) is 6.92 Å². The van der Waals surface area contributed by atoms with Gasteiger partial charge in [-0.15, -0.1) is 0 Å². The molecule has 0 aromatic heterocycles. The maximum Gasteiger partial charge on any atom is 0.343 e. The van der Waals surface area contributed by atoms with Crippen LogP contribution >= 0.6 is 0 Å². The number of benzene rings is 1. The Hall–Kier alpha value is -2.30. The topological polar surface area (TPSA) is 61.8 Å². The molecule has 0 aliphatic carbocycles. The van der Waals surface area contributed by atoms with E-state index < -0.39 is 11.9 Å². The Morgan fingerprint density at radius 1 is 1.21 bits per heavy atom. The lowest BCUT2D eigenvalue weighted by molar-refractivity contribution is -0.143. The van der Waals surface area contributed by atoms with Gasteiger partial charge in [-0.2, -0.15) is 0 Å². The zero-order valence-corrected chi connectivity index (χ0v) is 11.1. The molecule has 0 atom stereocenters. The summed E-state index contributed by atoms with van der Waals surface area (Å²) in [5.41, 5.74) is 1.70. The van der Waals surface area contributed by atoms with Gasteiger partial charge in [-0.3, -0.25) is 0 Å². The Morgan fingerprint density at radius 2 is 1.95 bits per heavy atom. The molecule has 0 fully saturated rings. The van der Waals surface area contributed by atoms with Crippen LogP contribution in [0.25, 0.3) is 6.08 Å². The first-order chi connectivity index (χ1) is 9.06. The van der Waals surface area contributed by atoms with Gasteiger partial charge in [0.2, 0.25) is 0 Å². The molecular formula is C14H16O5. The van der Waals surface area contributed by atoms with E-state index in [-0.39, 0.29) is 6.61 Å². The number of aryl methyl sites for hydroxylation is 1. The lowest BCUT2D eigenvalue weighted by atomic mass is 10.1. The SMILES string of the molecule is COC(=O)/C=C/c1ccc(OCC(=O)OC)c(C)c1. The van der Waals surface area contributed by atoms with Gasteiger partial charge in [0.05, 0.1) is 14.2 Å². The van der Waals surface area contributed by atoms with Crippen LogP contribution in [0.4, 0.5) is 0 Å². The van der Waals surface area contributed by atoms with Crippen molar-refractivity contribution in [2.24, 2.45) is 0 Å². The molecule has 0 radical (unpaired) electrons. The second-order valence-corrected chi connectivity index (χ2v) is 3.75. The summed E-state index contributed by atoms with van der Waals surface area (Å²) in [7, 11) is 2.63. The van der Waals surface area contributed by atoms with E-state index in [0.717, 1.165) is 11.1 Å². The highest BCUT2D eigenvalue weighted by molar-refractivity contribution is 5.87. The normalized spacial score (nSPS) is 10.3. The van der Waals surface area contributed by atoms with Gasteiger partial charge in [-0.1, -0.05) is 6.07 Å². The van der Waals surface area contributed by atoms with Gasteiger partial charge in [-0.25, -0.2) is 9.59 Å². The first-order valence-corrected chi connectivity index (χ1v) is 5.63. The number of carbonyl (C=O) groups is 2. The van der Waals surface area contributed by atoms with Crippen molar-refractivity contribution in [3.63, 3.8) is 0 Å². The summed E-state index contributed by atoms with van der Waals surface area (Å²) >= 11 is 0. The molecule has 1 aromatic carbocycles. The lowest BCUT2D eigenvalue weighted by Crippen LogP contribution is -2.13. The fourth-order valence-electron chi connectivity index (χ4n) is 1.37. The number of hydrogen-bond donors (Lipinski definition) is 0. The summed E-state index contributed by atoms with van der Waals surface area (Å²) in [4.78, 5) is 21.9. The van der Waals surface area contributed by atoms with Gasteiger partial charge >= 0.3 is 11.9 Å². The molecule has 1 rings (SSSR count). The molecule has 0 bridgehead atoms. The average molecular weight is 264 g/mol. The second-order valence-electron chi connectivity index (χ2n) is 3.75. The molecule has 5 nitrogen and oxygen atoms in total. The molecule has 0 spiro atoms. The predicted octanol–water partition coefficient (Wildman–Crippen LogP) is 1.73. The fourth-order valence-corrected chi connectivity index (χ4v) is 1.37. The number of esters is 2. The van der Waals surface area contributed by atoms with Crippen LogP contribution in [0.15, 0.2) is 24.3 Å². The Balaban J connectivity index is 2.71. The van der Waals surface area contributed by atoms with E-state index in [2.05, 4.69) is 9.47 Å². The molecule has 0 saturated carbocycles. The zero-order valence-electron chi connectivity index (χ0n) is 11.1. The second kappa shape index (κ2) is 7.20. The van der Waals surface area contributed by atoms with E-state index in [1.165, 1.54) is 20.3 Å². The molecule has 0 amide bonds. The van der Waals surface area contributed by atoms with Crippen molar-refractivity contribution in [1.29, 1.82) is 0 Å². The highest BCUT2D eigenvalue weighted by Gasteiger charge is 2.04. The third-order valence-corrected chi connectivity index (χ3v) is 2.39. The summed E-state index contributed by atoms with van der Waals surface area (Å²) in [6.07, 6.45) is 2.98. The molecule has 19 heavy (non-hydrogen) atoms. The van der Waals surface area contributed by atoms with Gasteiger partial charge in [0.1, 0.15) is 5.75 Å². The zero-order chi connectivity index (χ0) is 14.3. The van der Waals surface area contributed by atoms with Crippen LogP contribution in [0.1, 0.15) is 11.1 Å². The van der Waals surface area contributed by atoms with E-state index >= 15 is 0 Å². The average Bonchev–Trinajstić information content (AvgIpc) is 2.43. The fraction of sp³-hybridized carbons (Fsp3) is 0.286. The minimum Gasteiger partial charge on any atom is -0.482 e. The van der Waals surface area contributed by atoms with E-state index in [1.807, 2.05) is 13.0 Å². The third-order valence-electron chi connectivity index (χ3n) is 2.39. The third kappa shape index (κ3) is 4.83. The molecule has 5 heteroatoms. The molecule has 0 saturated heterocycles. The number of carbonyl (C=O) groups excluding carboxylic acids is 2. The van der Waals surface area contributed by atoms with E-state index in [4.69, 9.17) is 4.74 Å². The van der Waals surface area contributed by atoms with Gasteiger partial charge in [-0.05, 0) is 36.3 Å². The van der Waals surface area contributed by atoms with Crippen molar-refractivity contribution >= 4 is 18.0 Å². The maximum atomic E-state index is 11.0. The van der Waals surface area contributed by atoms with Gasteiger partial charge in [0, 0.05) is 6.08 Å². The number of methoxy groups -OCH3 is 2. The smallest absolute Gasteiger partial charge is 0.343 e. The van der Waals surface area contributed by atoms with E-state index in [9.17, 15) is 9.59 Å². The number of ether oxygens (including phenoxy) is 3. The van der Waals surface area contributed by atoms with Crippen molar-refractivity contribution < 1.29 is 23.8 Å². The van der Waals surface area contributed by atoms with Crippen LogP contribution in [-0.2, 0) is 19.1 Å². The number of hydrogen-bond acceptors (Lipinski definition) is 5. The van der Waals surface area contributed by atoms with Crippen molar-refractivity contribution in [2.75, 3.05) is 20.8 Å². The van der Waals surface area contributed by atoms with Crippen molar-refractivity contribution in [1.82, 2.24) is 0 Å². The molecule has 0 aliphatic heterocycles. The lowest BCUT2D eigenvalue weighted by Gasteiger charge is -2.08. The Bertz CT molecular complexity index is 491. The largest absolute Gasteiger partial charge is 0.482 e. The van der Waals surface area contributed by atoms with Gasteiger partial charge in [0.15, 0.2) is 6.61 Å². The monoisotopic (exact) mass is 264 g/mol. The summed E-state index contributed by atoms with van der Waals surface area (Å²) in [5, 5.41) is 0. The molecule has 0 N–H and O–H groups in total. The van der Waals surface area contributed by atoms with Crippen molar-refractivity contribution in [3.8, 4) is 5.75 Å². The van der Waals surface area contributed by atoms with Gasteiger partial charge < -0.3 is 14.2 Å². The quantitative estimate of drug-likeness (QED) is 0.598. The molecule has 0 aliphatic rings. The van der Waals surface area contributed by atoms with Crippen LogP contribution in [-0.4, -0.2) is 32.8 Å². The molecular weight excluding hydrogens is 248 g/mol. The van der Waals surface area contributed by atoms with Crippen LogP contribution < -0.4 is 4.74 Å². The van der Waals surface area contributed by atoms with Crippen LogP contribution in [0.2, 0.25) is 0 Å². The van der Waals surface area contributed by atoms with Crippen LogP contribution in [0, 0.1) is 6.92 Å². The van der Waals surface area contributed by atoms with Crippen LogP contribution in [0.3, 0.4) is 0 Å². The molecule has 1 aromatic rings. The number of rotatable bonds is 5. The highest BCUT2D eigenvalue weighted by Crippen LogP contribution is 2.19. The van der Waals surface area contributed by atoms with E-state index in [0.29, 0.717) is 5.75 Å². The van der Waals surface area contributed by atoms with E-state index in [1.54, 1.807) is 18.2 Å². The molecule has 102 valence electrons. The van der Waals surface area contributed by atoms with Crippen LogP contribution in [0.5, 0.6) is 5.75 Å². The highest BCUT2D eigenvalue weighted by atomic mass is 16.6. The first kappa shape index (κ1) is 14.8. The molecule has 0 unspecified atom stereocenters. The maximum absolute atomic E-state index is 11.0. The Labute approximate surface area is 111 Å². The first-order valence-electron chi connectivity index (χ1n) is 5.63. The molecule has 0 heterocycles. The Kier molecular flexibility index (Phi) is 5.60. The van der Waals surface area contributed by atoms with Gasteiger partial charge in [0.25, 0.3) is 0 Å². The van der Waals surface area contributed by atoms with Crippen molar-refractivity contribution in [3.05, 3.63) is 35.4 Å². The predicted molar refractivity (Wildman–Crippen MR) is 69.7 cm³/mol.